The van der Waals surface area contributed by atoms with Crippen LogP contribution in [0.4, 0.5) is 5.95 Å². The van der Waals surface area contributed by atoms with Gasteiger partial charge >= 0.3 is 0 Å². The van der Waals surface area contributed by atoms with Gasteiger partial charge in [0.05, 0.1) is 0 Å². The van der Waals surface area contributed by atoms with Crippen LogP contribution in [-0.4, -0.2) is 33.2 Å². The number of rotatable bonds is 3. The van der Waals surface area contributed by atoms with E-state index in [9.17, 15) is 0 Å². The highest BCUT2D eigenvalue weighted by atomic mass is 16.5. The van der Waals surface area contributed by atoms with Crippen LogP contribution in [0.5, 0.6) is 0 Å². The van der Waals surface area contributed by atoms with Gasteiger partial charge in [-0.15, -0.1) is 0 Å². The lowest BCUT2D eigenvalue weighted by atomic mass is 9.98. The molecule has 0 aromatic carbocycles. The maximum absolute atomic E-state index is 5.20. The van der Waals surface area contributed by atoms with Gasteiger partial charge in [0.25, 0.3) is 0 Å². The average molecular weight is 259 g/mol. The average Bonchev–Trinajstić information content (AvgIpc) is 2.97. The fraction of sp³-hybridized carbons (Fsp3) is 0.538. The molecule has 1 aliphatic rings. The van der Waals surface area contributed by atoms with E-state index in [4.69, 9.17) is 4.52 Å². The van der Waals surface area contributed by atoms with Crippen molar-refractivity contribution >= 4 is 5.95 Å². The van der Waals surface area contributed by atoms with Gasteiger partial charge in [-0.2, -0.15) is 4.98 Å². The topological polar surface area (TPSA) is 67.9 Å². The number of aryl methyl sites for hydroxylation is 1. The third-order valence-corrected chi connectivity index (χ3v) is 3.41. The van der Waals surface area contributed by atoms with Crippen LogP contribution in [0, 0.1) is 0 Å². The van der Waals surface area contributed by atoms with E-state index in [1.807, 2.05) is 13.0 Å². The highest BCUT2D eigenvalue weighted by Crippen LogP contribution is 2.26. The minimum Gasteiger partial charge on any atom is -0.340 e. The van der Waals surface area contributed by atoms with Crippen LogP contribution >= 0.6 is 0 Å². The molecule has 0 bridgehead atoms. The van der Waals surface area contributed by atoms with E-state index in [-0.39, 0.29) is 0 Å². The van der Waals surface area contributed by atoms with E-state index in [0.717, 1.165) is 44.1 Å². The van der Waals surface area contributed by atoms with E-state index >= 15 is 0 Å². The van der Waals surface area contributed by atoms with Crippen molar-refractivity contribution in [2.24, 2.45) is 0 Å². The molecule has 3 rings (SSSR count). The van der Waals surface area contributed by atoms with Gasteiger partial charge in [-0.3, -0.25) is 0 Å². The number of hydrogen-bond donors (Lipinski definition) is 0. The standard InChI is InChI=1S/C13H17N5O/c1-2-11-16-12(17-19-11)10-5-3-8-18(9-10)13-14-6-4-7-15-13/h4,6-7,10H,2-3,5,8-9H2,1H3/t10-/m0/s1. The van der Waals surface area contributed by atoms with Gasteiger partial charge in [0.2, 0.25) is 11.8 Å². The van der Waals surface area contributed by atoms with E-state index in [1.165, 1.54) is 0 Å². The lowest BCUT2D eigenvalue weighted by molar-refractivity contribution is 0.367. The second-order valence-corrected chi connectivity index (χ2v) is 4.73. The largest absolute Gasteiger partial charge is 0.340 e. The van der Waals surface area contributed by atoms with E-state index < -0.39 is 0 Å². The summed E-state index contributed by atoms with van der Waals surface area (Å²) in [5, 5.41) is 4.09. The lowest BCUT2D eigenvalue weighted by Gasteiger charge is -2.31. The van der Waals surface area contributed by atoms with Crippen LogP contribution in [0.2, 0.25) is 0 Å². The summed E-state index contributed by atoms with van der Waals surface area (Å²) in [6, 6.07) is 1.83. The molecule has 2 aromatic heterocycles. The summed E-state index contributed by atoms with van der Waals surface area (Å²) in [4.78, 5) is 15.2. The summed E-state index contributed by atoms with van der Waals surface area (Å²) >= 11 is 0. The molecule has 1 aliphatic heterocycles. The molecule has 1 fully saturated rings. The number of nitrogens with zero attached hydrogens (tertiary/aromatic N) is 5. The Morgan fingerprint density at radius 2 is 2.21 bits per heavy atom. The van der Waals surface area contributed by atoms with Gasteiger partial charge in [0.15, 0.2) is 5.82 Å². The van der Waals surface area contributed by atoms with Crippen LogP contribution in [0.3, 0.4) is 0 Å². The molecule has 0 radical (unpaired) electrons. The fourth-order valence-electron chi connectivity index (χ4n) is 2.40. The molecule has 2 aromatic rings. The van der Waals surface area contributed by atoms with Crippen molar-refractivity contribution in [1.29, 1.82) is 0 Å². The number of piperidine rings is 1. The smallest absolute Gasteiger partial charge is 0.226 e. The van der Waals surface area contributed by atoms with Crippen LogP contribution in [0.25, 0.3) is 0 Å². The zero-order valence-electron chi connectivity index (χ0n) is 11.0. The predicted octanol–water partition coefficient (Wildman–Crippen LogP) is 1.81. The maximum atomic E-state index is 5.20. The van der Waals surface area contributed by atoms with Gasteiger partial charge in [-0.1, -0.05) is 12.1 Å². The molecular weight excluding hydrogens is 242 g/mol. The zero-order chi connectivity index (χ0) is 13.1. The molecule has 0 unspecified atom stereocenters. The molecule has 3 heterocycles. The molecule has 19 heavy (non-hydrogen) atoms. The summed E-state index contributed by atoms with van der Waals surface area (Å²) in [6.07, 6.45) is 6.52. The minimum atomic E-state index is 0.307. The first-order valence-corrected chi connectivity index (χ1v) is 6.71. The molecule has 100 valence electrons. The van der Waals surface area contributed by atoms with E-state index in [2.05, 4.69) is 25.0 Å². The van der Waals surface area contributed by atoms with Crippen molar-refractivity contribution in [3.63, 3.8) is 0 Å². The van der Waals surface area contributed by atoms with Crippen molar-refractivity contribution in [3.8, 4) is 0 Å². The monoisotopic (exact) mass is 259 g/mol. The first kappa shape index (κ1) is 12.1. The molecule has 1 atom stereocenters. The van der Waals surface area contributed by atoms with Crippen molar-refractivity contribution in [1.82, 2.24) is 20.1 Å². The molecule has 6 nitrogen and oxygen atoms in total. The molecule has 0 saturated carbocycles. The van der Waals surface area contributed by atoms with Crippen LogP contribution < -0.4 is 4.90 Å². The van der Waals surface area contributed by atoms with E-state index in [0.29, 0.717) is 11.8 Å². The highest BCUT2D eigenvalue weighted by Gasteiger charge is 2.26. The SMILES string of the molecule is CCc1nc([C@H]2CCCN(c3ncccn3)C2)no1. The summed E-state index contributed by atoms with van der Waals surface area (Å²) in [7, 11) is 0. The Labute approximate surface area is 111 Å². The lowest BCUT2D eigenvalue weighted by Crippen LogP contribution is -2.35. The molecule has 0 amide bonds. The number of aromatic nitrogens is 4. The van der Waals surface area contributed by atoms with Gasteiger partial charge in [0, 0.05) is 37.8 Å². The first-order chi connectivity index (χ1) is 9.36. The summed E-state index contributed by atoms with van der Waals surface area (Å²) in [5.74, 6) is 2.62. The fourth-order valence-corrected chi connectivity index (χ4v) is 2.40. The van der Waals surface area contributed by atoms with Crippen LogP contribution in [-0.2, 0) is 6.42 Å². The Hall–Kier alpha value is -1.98. The molecule has 0 spiro atoms. The first-order valence-electron chi connectivity index (χ1n) is 6.71. The number of hydrogen-bond acceptors (Lipinski definition) is 6. The number of anilines is 1. The Balaban J connectivity index is 1.74. The van der Waals surface area contributed by atoms with Crippen molar-refractivity contribution in [2.75, 3.05) is 18.0 Å². The Morgan fingerprint density at radius 3 is 2.95 bits per heavy atom. The molecule has 0 N–H and O–H groups in total. The third kappa shape index (κ3) is 2.57. The Morgan fingerprint density at radius 1 is 1.37 bits per heavy atom. The van der Waals surface area contributed by atoms with Crippen molar-refractivity contribution in [3.05, 3.63) is 30.2 Å². The van der Waals surface area contributed by atoms with Gasteiger partial charge in [-0.05, 0) is 18.9 Å². The second-order valence-electron chi connectivity index (χ2n) is 4.73. The second kappa shape index (κ2) is 5.34. The highest BCUT2D eigenvalue weighted by molar-refractivity contribution is 5.30. The molecule has 1 saturated heterocycles. The molecule has 0 aliphatic carbocycles. The van der Waals surface area contributed by atoms with Crippen LogP contribution in [0.15, 0.2) is 23.0 Å². The third-order valence-electron chi connectivity index (χ3n) is 3.41. The predicted molar refractivity (Wildman–Crippen MR) is 69.9 cm³/mol. The normalized spacial score (nSPS) is 19.6. The minimum absolute atomic E-state index is 0.307. The van der Waals surface area contributed by atoms with Gasteiger partial charge < -0.3 is 9.42 Å². The maximum Gasteiger partial charge on any atom is 0.226 e. The Bertz CT molecular complexity index is 527. The van der Waals surface area contributed by atoms with E-state index in [1.54, 1.807) is 12.4 Å². The van der Waals surface area contributed by atoms with Crippen LogP contribution in [0.1, 0.15) is 37.4 Å². The molecular formula is C13H17N5O. The quantitative estimate of drug-likeness (QED) is 0.837. The van der Waals surface area contributed by atoms with Gasteiger partial charge in [0.1, 0.15) is 0 Å². The van der Waals surface area contributed by atoms with Crippen molar-refractivity contribution < 1.29 is 4.52 Å². The zero-order valence-corrected chi connectivity index (χ0v) is 11.0. The molecule has 6 heteroatoms. The van der Waals surface area contributed by atoms with Crippen molar-refractivity contribution in [2.45, 2.75) is 32.1 Å². The van der Waals surface area contributed by atoms with Gasteiger partial charge in [-0.25, -0.2) is 9.97 Å². The summed E-state index contributed by atoms with van der Waals surface area (Å²) < 4.78 is 5.20. The Kier molecular flexibility index (Phi) is 3.39. The summed E-state index contributed by atoms with van der Waals surface area (Å²) in [6.45, 7) is 3.86. The summed E-state index contributed by atoms with van der Waals surface area (Å²) in [5.41, 5.74) is 0.